The molecular weight excluding hydrogens is 286 g/mol. The molecule has 0 aliphatic heterocycles. The summed E-state index contributed by atoms with van der Waals surface area (Å²) in [6.07, 6.45) is 0.878. The van der Waals surface area contributed by atoms with Crippen LogP contribution in [0.5, 0.6) is 0 Å². The Morgan fingerprint density at radius 3 is 2.74 bits per heavy atom. The van der Waals surface area contributed by atoms with Gasteiger partial charge in [0.05, 0.1) is 12.3 Å². The minimum atomic E-state index is -0.662. The van der Waals surface area contributed by atoms with Crippen molar-refractivity contribution >= 4 is 34.8 Å². The van der Waals surface area contributed by atoms with Gasteiger partial charge in [-0.3, -0.25) is 4.79 Å². The Labute approximate surface area is 124 Å². The summed E-state index contributed by atoms with van der Waals surface area (Å²) in [7, 11) is 1.51. The van der Waals surface area contributed by atoms with Gasteiger partial charge in [0.15, 0.2) is 5.13 Å². The van der Waals surface area contributed by atoms with Crippen molar-refractivity contribution in [2.24, 2.45) is 11.1 Å². The second-order valence-corrected chi connectivity index (χ2v) is 6.29. The van der Waals surface area contributed by atoms with E-state index in [1.807, 2.05) is 5.38 Å². The number of nitrogens with two attached hydrogens (primary N) is 1. The van der Waals surface area contributed by atoms with Gasteiger partial charge in [0, 0.05) is 12.5 Å². The Bertz CT molecular complexity index is 404. The van der Waals surface area contributed by atoms with Crippen LogP contribution in [0.25, 0.3) is 0 Å². The number of anilines is 1. The molecule has 7 heteroatoms. The van der Waals surface area contributed by atoms with Crippen LogP contribution in [0.1, 0.15) is 26.5 Å². The van der Waals surface area contributed by atoms with E-state index in [2.05, 4.69) is 31.1 Å². The van der Waals surface area contributed by atoms with E-state index in [9.17, 15) is 4.79 Å². The van der Waals surface area contributed by atoms with Crippen LogP contribution < -0.4 is 11.1 Å². The molecule has 1 atom stereocenters. The van der Waals surface area contributed by atoms with E-state index in [0.29, 0.717) is 5.13 Å². The summed E-state index contributed by atoms with van der Waals surface area (Å²) in [5, 5.41) is 5.25. The van der Waals surface area contributed by atoms with E-state index in [4.69, 9.17) is 10.5 Å². The predicted molar refractivity (Wildman–Crippen MR) is 81.0 cm³/mol. The zero-order valence-corrected chi connectivity index (χ0v) is 13.4. The molecule has 110 valence electrons. The summed E-state index contributed by atoms with van der Waals surface area (Å²) in [6, 6.07) is -0.662. The normalized spacial score (nSPS) is 12.7. The maximum atomic E-state index is 11.6. The van der Waals surface area contributed by atoms with E-state index < -0.39 is 6.04 Å². The first-order valence-electron chi connectivity index (χ1n) is 5.81. The molecule has 0 aliphatic rings. The van der Waals surface area contributed by atoms with Crippen molar-refractivity contribution in [1.29, 1.82) is 0 Å². The van der Waals surface area contributed by atoms with Gasteiger partial charge in [0.1, 0.15) is 6.04 Å². The molecule has 1 amide bonds. The molecule has 1 aromatic rings. The van der Waals surface area contributed by atoms with Gasteiger partial charge >= 0.3 is 0 Å². The topological polar surface area (TPSA) is 77.2 Å². The van der Waals surface area contributed by atoms with Crippen molar-refractivity contribution < 1.29 is 9.53 Å². The predicted octanol–water partition coefficient (Wildman–Crippen LogP) is 2.07. The number of ether oxygens (including phenoxy) is 1. The Balaban J connectivity index is 0.00000324. The molecule has 1 rings (SSSR count). The number of thiazole rings is 1. The van der Waals surface area contributed by atoms with E-state index in [-0.39, 0.29) is 30.3 Å². The zero-order chi connectivity index (χ0) is 13.8. The highest BCUT2D eigenvalue weighted by Gasteiger charge is 2.17. The number of carbonyl (C=O) groups excluding carboxylic acids is 1. The van der Waals surface area contributed by atoms with E-state index >= 15 is 0 Å². The number of hydrogen-bond donors (Lipinski definition) is 2. The first kappa shape index (κ1) is 18.3. The minimum absolute atomic E-state index is 0. The van der Waals surface area contributed by atoms with Gasteiger partial charge in [-0.25, -0.2) is 4.98 Å². The van der Waals surface area contributed by atoms with Crippen LogP contribution in [0.15, 0.2) is 5.38 Å². The molecule has 1 heterocycles. The second kappa shape index (κ2) is 7.79. The SMILES string of the molecule is COCC(N)C(=O)Nc1nc(CC(C)(C)C)cs1.Cl. The van der Waals surface area contributed by atoms with Crippen molar-refractivity contribution in [1.82, 2.24) is 4.98 Å². The highest BCUT2D eigenvalue weighted by atomic mass is 35.5. The molecule has 1 aromatic heterocycles. The molecule has 19 heavy (non-hydrogen) atoms. The Morgan fingerprint density at radius 1 is 1.58 bits per heavy atom. The molecule has 0 saturated heterocycles. The van der Waals surface area contributed by atoms with E-state index in [0.717, 1.165) is 12.1 Å². The highest BCUT2D eigenvalue weighted by Crippen LogP contribution is 2.23. The first-order chi connectivity index (χ1) is 8.31. The van der Waals surface area contributed by atoms with Gasteiger partial charge in [-0.15, -0.1) is 23.7 Å². The van der Waals surface area contributed by atoms with Crippen molar-refractivity contribution in [3.8, 4) is 0 Å². The highest BCUT2D eigenvalue weighted by molar-refractivity contribution is 7.13. The molecule has 0 fully saturated rings. The summed E-state index contributed by atoms with van der Waals surface area (Å²) < 4.78 is 4.83. The zero-order valence-electron chi connectivity index (χ0n) is 11.7. The van der Waals surface area contributed by atoms with Gasteiger partial charge in [-0.1, -0.05) is 20.8 Å². The number of methoxy groups -OCH3 is 1. The van der Waals surface area contributed by atoms with Crippen LogP contribution in [0.2, 0.25) is 0 Å². The molecular formula is C12H22ClN3O2S. The van der Waals surface area contributed by atoms with Crippen molar-refractivity contribution in [2.75, 3.05) is 19.0 Å². The quantitative estimate of drug-likeness (QED) is 0.873. The van der Waals surface area contributed by atoms with Gasteiger partial charge in [-0.05, 0) is 11.8 Å². The average molecular weight is 308 g/mol. The molecule has 0 radical (unpaired) electrons. The van der Waals surface area contributed by atoms with Crippen LogP contribution in [0.4, 0.5) is 5.13 Å². The monoisotopic (exact) mass is 307 g/mol. The van der Waals surface area contributed by atoms with Crippen molar-refractivity contribution in [3.63, 3.8) is 0 Å². The molecule has 3 N–H and O–H groups in total. The smallest absolute Gasteiger partial charge is 0.245 e. The van der Waals surface area contributed by atoms with Crippen LogP contribution in [-0.2, 0) is 16.0 Å². The Morgan fingerprint density at radius 2 is 2.21 bits per heavy atom. The maximum absolute atomic E-state index is 11.6. The van der Waals surface area contributed by atoms with Crippen molar-refractivity contribution in [2.45, 2.75) is 33.2 Å². The molecule has 0 bridgehead atoms. The second-order valence-electron chi connectivity index (χ2n) is 5.43. The van der Waals surface area contributed by atoms with Gasteiger partial charge < -0.3 is 15.8 Å². The third-order valence-corrected chi connectivity index (χ3v) is 2.98. The Hall–Kier alpha value is -0.690. The molecule has 0 aliphatic carbocycles. The third-order valence-electron chi connectivity index (χ3n) is 2.18. The van der Waals surface area contributed by atoms with Crippen LogP contribution in [0, 0.1) is 5.41 Å². The number of hydrogen-bond acceptors (Lipinski definition) is 5. The van der Waals surface area contributed by atoms with Crippen molar-refractivity contribution in [3.05, 3.63) is 11.1 Å². The molecule has 5 nitrogen and oxygen atoms in total. The lowest BCUT2D eigenvalue weighted by Crippen LogP contribution is -2.39. The lowest BCUT2D eigenvalue weighted by atomic mass is 9.91. The number of amides is 1. The average Bonchev–Trinajstić information content (AvgIpc) is 2.63. The third kappa shape index (κ3) is 6.87. The summed E-state index contributed by atoms with van der Waals surface area (Å²) in [5.41, 5.74) is 6.80. The number of halogens is 1. The molecule has 1 unspecified atom stereocenters. The van der Waals surface area contributed by atoms with Crippen LogP contribution in [0.3, 0.4) is 0 Å². The largest absolute Gasteiger partial charge is 0.383 e. The molecule has 0 spiro atoms. The van der Waals surface area contributed by atoms with Gasteiger partial charge in [-0.2, -0.15) is 0 Å². The lowest BCUT2D eigenvalue weighted by molar-refractivity contribution is -0.118. The fraction of sp³-hybridized carbons (Fsp3) is 0.667. The Kier molecular flexibility index (Phi) is 7.51. The van der Waals surface area contributed by atoms with E-state index in [1.165, 1.54) is 18.4 Å². The van der Waals surface area contributed by atoms with Crippen LogP contribution in [-0.4, -0.2) is 30.6 Å². The number of nitrogens with one attached hydrogen (secondary N) is 1. The van der Waals surface area contributed by atoms with Crippen LogP contribution >= 0.6 is 23.7 Å². The summed E-state index contributed by atoms with van der Waals surface area (Å²) >= 11 is 1.41. The lowest BCUT2D eigenvalue weighted by Gasteiger charge is -2.15. The van der Waals surface area contributed by atoms with Gasteiger partial charge in [0.2, 0.25) is 5.91 Å². The summed E-state index contributed by atoms with van der Waals surface area (Å²) in [5.74, 6) is -0.270. The summed E-state index contributed by atoms with van der Waals surface area (Å²) in [4.78, 5) is 16.0. The maximum Gasteiger partial charge on any atom is 0.245 e. The minimum Gasteiger partial charge on any atom is -0.383 e. The fourth-order valence-corrected chi connectivity index (χ4v) is 2.16. The number of carbonyl (C=O) groups is 1. The number of rotatable bonds is 5. The fourth-order valence-electron chi connectivity index (χ4n) is 1.44. The van der Waals surface area contributed by atoms with Gasteiger partial charge in [0.25, 0.3) is 0 Å². The number of nitrogens with zero attached hydrogens (tertiary/aromatic N) is 1. The standard InChI is InChI=1S/C12H21N3O2S.ClH/c1-12(2,3)5-8-7-18-11(14-8)15-10(16)9(13)6-17-4;/h7,9H,5-6,13H2,1-4H3,(H,14,15,16);1H. The molecule has 0 aromatic carbocycles. The first-order valence-corrected chi connectivity index (χ1v) is 6.69. The molecule has 0 saturated carbocycles. The van der Waals surface area contributed by atoms with E-state index in [1.54, 1.807) is 0 Å². The summed E-state index contributed by atoms with van der Waals surface area (Å²) in [6.45, 7) is 6.66. The number of aromatic nitrogens is 1.